The summed E-state index contributed by atoms with van der Waals surface area (Å²) in [5, 5.41) is 6.63. The van der Waals surface area contributed by atoms with Crippen LogP contribution in [0.5, 0.6) is 17.2 Å². The molecule has 0 aliphatic heterocycles. The van der Waals surface area contributed by atoms with Crippen LogP contribution in [0.15, 0.2) is 24.4 Å². The lowest BCUT2D eigenvalue weighted by Gasteiger charge is -2.18. The molecule has 37 heavy (non-hydrogen) atoms. The van der Waals surface area contributed by atoms with Crippen molar-refractivity contribution in [3.63, 3.8) is 0 Å². The Labute approximate surface area is 214 Å². The summed E-state index contributed by atoms with van der Waals surface area (Å²) in [7, 11) is 2.78. The summed E-state index contributed by atoms with van der Waals surface area (Å²) < 4.78 is 66.1. The van der Waals surface area contributed by atoms with Gasteiger partial charge in [-0.15, -0.1) is 0 Å². The Balaban J connectivity index is 1.72. The predicted octanol–water partition coefficient (Wildman–Crippen LogP) is 3.50. The van der Waals surface area contributed by atoms with E-state index in [4.69, 9.17) is 21.1 Å². The fourth-order valence-electron chi connectivity index (χ4n) is 3.68. The van der Waals surface area contributed by atoms with Gasteiger partial charge in [0.2, 0.25) is 0 Å². The normalized spacial score (nSPS) is 12.9. The lowest BCUT2D eigenvalue weighted by atomic mass is 9.85. The van der Waals surface area contributed by atoms with Crippen LogP contribution in [0.1, 0.15) is 23.2 Å². The lowest BCUT2D eigenvalue weighted by Crippen LogP contribution is -2.33. The molecule has 1 saturated carbocycles. The Morgan fingerprint density at radius 2 is 1.97 bits per heavy atom. The van der Waals surface area contributed by atoms with Gasteiger partial charge < -0.3 is 25.4 Å². The highest BCUT2D eigenvalue weighted by Gasteiger charge is 2.26. The molecule has 4 rings (SSSR count). The molecule has 0 spiro atoms. The van der Waals surface area contributed by atoms with Gasteiger partial charge in [-0.2, -0.15) is 0 Å². The number of nitrogens with zero attached hydrogens (tertiary/aromatic N) is 1. The van der Waals surface area contributed by atoms with Crippen molar-refractivity contribution in [3.05, 3.63) is 46.6 Å². The van der Waals surface area contributed by atoms with Crippen LogP contribution in [-0.2, 0) is 0 Å². The largest absolute Gasteiger partial charge is 0.496 e. The smallest absolute Gasteiger partial charge is 0.319 e. The minimum absolute atomic E-state index is 0.0141. The summed E-state index contributed by atoms with van der Waals surface area (Å²) in [5.74, 6) is -4.16. The summed E-state index contributed by atoms with van der Waals surface area (Å²) >= 11 is 6.04. The molecular weight excluding hydrogens is 519 g/mol. The molecular formula is C23H20BClF4N4O4. The third-order valence-corrected chi connectivity index (χ3v) is 5.93. The monoisotopic (exact) mass is 538 g/mol. The molecule has 14 heteroatoms. The molecule has 0 atom stereocenters. The van der Waals surface area contributed by atoms with Crippen molar-refractivity contribution >= 4 is 53.4 Å². The number of pyridine rings is 1. The molecule has 3 aromatic rings. The number of ether oxygens (including phenoxy) is 2. The summed E-state index contributed by atoms with van der Waals surface area (Å²) in [6.45, 7) is -0.885. The lowest BCUT2D eigenvalue weighted by molar-refractivity contribution is 0.0890. The maximum Gasteiger partial charge on any atom is 0.319 e. The molecule has 0 radical (unpaired) electrons. The van der Waals surface area contributed by atoms with Gasteiger partial charge in [0.25, 0.3) is 12.3 Å². The second-order valence-corrected chi connectivity index (χ2v) is 8.60. The van der Waals surface area contributed by atoms with Crippen molar-refractivity contribution < 1.29 is 36.6 Å². The van der Waals surface area contributed by atoms with Gasteiger partial charge in [-0.05, 0) is 18.9 Å². The van der Waals surface area contributed by atoms with Gasteiger partial charge in [0.05, 0.1) is 30.4 Å². The Kier molecular flexibility index (Phi) is 7.62. The van der Waals surface area contributed by atoms with Gasteiger partial charge in [-0.25, -0.2) is 22.4 Å². The van der Waals surface area contributed by atoms with Gasteiger partial charge in [-0.3, -0.25) is 9.78 Å². The average molecular weight is 539 g/mol. The second-order valence-electron chi connectivity index (χ2n) is 8.22. The zero-order valence-corrected chi connectivity index (χ0v) is 20.3. The summed E-state index contributed by atoms with van der Waals surface area (Å²) in [4.78, 5) is 28.8. The Bertz CT molecular complexity index is 1390. The minimum Gasteiger partial charge on any atom is -0.496 e. The summed E-state index contributed by atoms with van der Waals surface area (Å²) in [6.07, 6.45) is 0.168. The molecule has 1 fully saturated rings. The highest BCUT2D eigenvalue weighted by atomic mass is 35.5. The standard InChI is InChI=1S/C23H20BClF4N4O4/c1-36-14-7-11-16(18(24)17(14)22(34)31-8-15(27)28)13(4-5-30-11)37-21-10(26)6-12(19(25)20(21)29)33-23(35)32-9-2-3-9/h4-7,9,15H,2-3,8,24H2,1H3,(H,31,34)(H2,32,33,35). The van der Waals surface area contributed by atoms with E-state index in [1.807, 2.05) is 0 Å². The molecule has 3 N–H and O–H groups in total. The molecule has 194 valence electrons. The second kappa shape index (κ2) is 10.7. The number of benzene rings is 2. The maximum atomic E-state index is 15.1. The van der Waals surface area contributed by atoms with E-state index >= 15 is 4.39 Å². The highest BCUT2D eigenvalue weighted by molar-refractivity contribution is 6.43. The number of methoxy groups -OCH3 is 1. The Hall–Kier alpha value is -3.74. The number of carbonyl (C=O) groups is 2. The van der Waals surface area contributed by atoms with Gasteiger partial charge in [0.1, 0.15) is 24.4 Å². The van der Waals surface area contributed by atoms with E-state index in [1.165, 1.54) is 33.3 Å². The molecule has 1 aliphatic carbocycles. The third-order valence-electron chi connectivity index (χ3n) is 5.56. The number of halogens is 5. The van der Waals surface area contributed by atoms with Crippen LogP contribution in [0.3, 0.4) is 0 Å². The van der Waals surface area contributed by atoms with Gasteiger partial charge in [0, 0.05) is 29.8 Å². The molecule has 0 bridgehead atoms. The number of fused-ring (bicyclic) bond motifs is 1. The topological polar surface area (TPSA) is 102 Å². The molecule has 1 aromatic heterocycles. The molecule has 1 aliphatic rings. The summed E-state index contributed by atoms with van der Waals surface area (Å²) in [6, 6.07) is 2.86. The van der Waals surface area contributed by atoms with Crippen LogP contribution in [0.2, 0.25) is 5.02 Å². The maximum absolute atomic E-state index is 15.1. The third kappa shape index (κ3) is 5.66. The molecule has 8 nitrogen and oxygen atoms in total. The molecule has 1 heterocycles. The minimum atomic E-state index is -2.77. The zero-order valence-electron chi connectivity index (χ0n) is 19.6. The molecule has 0 saturated heterocycles. The number of hydrogen-bond donors (Lipinski definition) is 3. The van der Waals surface area contributed by atoms with Crippen molar-refractivity contribution in [1.82, 2.24) is 15.6 Å². The van der Waals surface area contributed by atoms with Gasteiger partial charge in [-0.1, -0.05) is 17.1 Å². The van der Waals surface area contributed by atoms with E-state index < -0.39 is 47.3 Å². The zero-order chi connectivity index (χ0) is 26.9. The quantitative estimate of drug-likeness (QED) is 0.232. The average Bonchev–Trinajstić information content (AvgIpc) is 3.67. The first-order chi connectivity index (χ1) is 17.6. The van der Waals surface area contributed by atoms with Crippen molar-refractivity contribution in [2.45, 2.75) is 25.3 Å². The number of nitrogens with one attached hydrogen (secondary N) is 3. The highest BCUT2D eigenvalue weighted by Crippen LogP contribution is 2.39. The fraction of sp³-hybridized carbons (Fsp3) is 0.261. The van der Waals surface area contributed by atoms with Crippen molar-refractivity contribution in [3.8, 4) is 17.2 Å². The Morgan fingerprint density at radius 1 is 1.24 bits per heavy atom. The molecule has 0 unspecified atom stereocenters. The molecule has 3 amide bonds. The van der Waals surface area contributed by atoms with Crippen molar-refractivity contribution in [1.29, 1.82) is 0 Å². The first-order valence-electron chi connectivity index (χ1n) is 11.1. The van der Waals surface area contributed by atoms with Gasteiger partial charge in [0.15, 0.2) is 17.4 Å². The van der Waals surface area contributed by atoms with Crippen LogP contribution in [0.25, 0.3) is 10.9 Å². The van der Waals surface area contributed by atoms with Crippen LogP contribution >= 0.6 is 11.6 Å². The van der Waals surface area contributed by atoms with Crippen molar-refractivity contribution in [2.24, 2.45) is 0 Å². The fourth-order valence-corrected chi connectivity index (χ4v) is 3.87. The first kappa shape index (κ1) is 26.3. The van der Waals surface area contributed by atoms with Crippen LogP contribution in [-0.4, -0.2) is 50.9 Å². The van der Waals surface area contributed by atoms with Gasteiger partial charge >= 0.3 is 6.03 Å². The number of anilines is 1. The number of carbonyl (C=O) groups excluding carboxylic acids is 2. The number of aromatic nitrogens is 1. The summed E-state index contributed by atoms with van der Waals surface area (Å²) in [5.41, 5.74) is 0.0970. The number of rotatable bonds is 8. The van der Waals surface area contributed by atoms with Crippen LogP contribution in [0, 0.1) is 11.6 Å². The van der Waals surface area contributed by atoms with E-state index in [0.717, 1.165) is 18.9 Å². The van der Waals surface area contributed by atoms with E-state index in [-0.39, 0.29) is 45.2 Å². The van der Waals surface area contributed by atoms with Crippen LogP contribution in [0.4, 0.5) is 28.0 Å². The van der Waals surface area contributed by atoms with E-state index in [2.05, 4.69) is 20.9 Å². The SMILES string of the molecule is Bc1c(C(=O)NCC(F)F)c(OC)cc2nccc(Oc3c(F)cc(NC(=O)NC4CC4)c(Cl)c3F)c12. The van der Waals surface area contributed by atoms with E-state index in [9.17, 15) is 22.8 Å². The number of amides is 3. The number of alkyl halides is 2. The van der Waals surface area contributed by atoms with E-state index in [1.54, 1.807) is 0 Å². The predicted molar refractivity (Wildman–Crippen MR) is 131 cm³/mol. The first-order valence-corrected chi connectivity index (χ1v) is 11.4. The van der Waals surface area contributed by atoms with Crippen LogP contribution < -0.4 is 30.9 Å². The van der Waals surface area contributed by atoms with E-state index in [0.29, 0.717) is 0 Å². The van der Waals surface area contributed by atoms with Crippen molar-refractivity contribution in [2.75, 3.05) is 19.0 Å². The number of urea groups is 1. The molecule has 2 aromatic carbocycles. The Morgan fingerprint density at radius 3 is 2.62 bits per heavy atom. The number of hydrogen-bond acceptors (Lipinski definition) is 5.